The first-order valence-corrected chi connectivity index (χ1v) is 13.7. The minimum atomic E-state index is -0.257. The molecule has 3 N–H and O–H groups in total. The number of pyridine rings is 1. The molecule has 8 heteroatoms. The zero-order valence-electron chi connectivity index (χ0n) is 20.8. The summed E-state index contributed by atoms with van der Waals surface area (Å²) in [7, 11) is 0. The first-order chi connectivity index (χ1) is 17.6. The van der Waals surface area contributed by atoms with Crippen LogP contribution in [0.25, 0.3) is 5.57 Å². The molecule has 0 radical (unpaired) electrons. The van der Waals surface area contributed by atoms with Crippen LogP contribution in [0.5, 0.6) is 0 Å². The Labute approximate surface area is 212 Å². The van der Waals surface area contributed by atoms with Crippen molar-refractivity contribution >= 4 is 23.5 Å². The third-order valence-electron chi connectivity index (χ3n) is 8.56. The summed E-state index contributed by atoms with van der Waals surface area (Å²) in [5.41, 5.74) is 3.10. The van der Waals surface area contributed by atoms with Crippen LogP contribution in [-0.4, -0.2) is 64.9 Å². The lowest BCUT2D eigenvalue weighted by Gasteiger charge is -2.43. The predicted molar refractivity (Wildman–Crippen MR) is 138 cm³/mol. The molecule has 8 nitrogen and oxygen atoms in total. The number of nitrogens with zero attached hydrogens (tertiary/aromatic N) is 4. The van der Waals surface area contributed by atoms with Crippen molar-refractivity contribution in [3.8, 4) is 6.07 Å². The summed E-state index contributed by atoms with van der Waals surface area (Å²) in [6, 6.07) is 4.73. The van der Waals surface area contributed by atoms with Gasteiger partial charge in [0.15, 0.2) is 0 Å². The fourth-order valence-corrected chi connectivity index (χ4v) is 5.98. The number of piperazine rings is 1. The van der Waals surface area contributed by atoms with E-state index in [1.807, 2.05) is 12.3 Å². The molecular formula is C28H36N6O2. The molecule has 0 spiro atoms. The van der Waals surface area contributed by atoms with Gasteiger partial charge in [-0.25, -0.2) is 4.98 Å². The van der Waals surface area contributed by atoms with E-state index < -0.39 is 0 Å². The highest BCUT2D eigenvalue weighted by Crippen LogP contribution is 2.44. The maximum absolute atomic E-state index is 12.9. The Morgan fingerprint density at radius 1 is 1.17 bits per heavy atom. The van der Waals surface area contributed by atoms with Gasteiger partial charge in [-0.15, -0.1) is 0 Å². The Hall–Kier alpha value is -2.92. The number of anilines is 1. The number of aliphatic hydroxyl groups is 1. The molecule has 190 valence electrons. The van der Waals surface area contributed by atoms with Crippen LogP contribution in [0.3, 0.4) is 0 Å². The normalized spacial score (nSPS) is 28.7. The molecule has 36 heavy (non-hydrogen) atoms. The zero-order chi connectivity index (χ0) is 24.8. The van der Waals surface area contributed by atoms with Crippen LogP contribution in [0.1, 0.15) is 80.5 Å². The van der Waals surface area contributed by atoms with E-state index in [9.17, 15) is 15.2 Å². The van der Waals surface area contributed by atoms with Crippen LogP contribution in [-0.2, 0) is 4.79 Å². The molecule has 2 heterocycles. The summed E-state index contributed by atoms with van der Waals surface area (Å²) < 4.78 is 0. The second-order valence-corrected chi connectivity index (χ2v) is 11.4. The molecule has 6 rings (SSSR count). The Morgan fingerprint density at radius 3 is 2.58 bits per heavy atom. The topological polar surface area (TPSA) is 116 Å². The fraction of sp³-hybridized carbons (Fsp3) is 0.643. The van der Waals surface area contributed by atoms with Gasteiger partial charge in [0.25, 0.3) is 0 Å². The standard InChI is InChI=1S/C28H36N6O2/c29-13-20-11-24(21(14-30)15-31-22-7-8-23(35)12-22)26(18-3-4-18)32-27(20)33-9-10-34(28(36)19-5-6-19)25(16-33)17-1-2-17/h11,14-15,17-19,22-23,25,30-31,35H,1-10,12,16H2/b21-15+,30-14?/t22?,23?,25-/m0/s1. The van der Waals surface area contributed by atoms with E-state index in [0.717, 1.165) is 74.1 Å². The van der Waals surface area contributed by atoms with Crippen LogP contribution in [0.4, 0.5) is 5.82 Å². The quantitative estimate of drug-likeness (QED) is 0.484. The Kier molecular flexibility index (Phi) is 6.20. The lowest BCUT2D eigenvalue weighted by atomic mass is 9.99. The zero-order valence-corrected chi connectivity index (χ0v) is 20.8. The summed E-state index contributed by atoms with van der Waals surface area (Å²) in [5.74, 6) is 2.23. The van der Waals surface area contributed by atoms with E-state index in [0.29, 0.717) is 36.4 Å². The smallest absolute Gasteiger partial charge is 0.226 e. The number of amides is 1. The molecule has 3 atom stereocenters. The van der Waals surface area contributed by atoms with Crippen molar-refractivity contribution in [2.45, 2.75) is 81.9 Å². The SMILES string of the molecule is N#Cc1cc(/C(C=N)=C/NC2CCC(O)C2)c(C2CC2)nc1N1CCN(C(=O)C2CC2)[C@H](C2CC2)C1. The highest BCUT2D eigenvalue weighted by molar-refractivity contribution is 6.09. The molecule has 5 fully saturated rings. The first kappa shape index (κ1) is 23.5. The first-order valence-electron chi connectivity index (χ1n) is 13.7. The lowest BCUT2D eigenvalue weighted by Crippen LogP contribution is -2.57. The van der Waals surface area contributed by atoms with Crippen LogP contribution >= 0.6 is 0 Å². The molecule has 0 bridgehead atoms. The predicted octanol–water partition coefficient (Wildman–Crippen LogP) is 3.16. The summed E-state index contributed by atoms with van der Waals surface area (Å²) in [6.45, 7) is 2.14. The highest BCUT2D eigenvalue weighted by Gasteiger charge is 2.45. The fourth-order valence-electron chi connectivity index (χ4n) is 5.98. The Balaban J connectivity index is 1.28. The van der Waals surface area contributed by atoms with Gasteiger partial charge in [0.2, 0.25) is 5.91 Å². The maximum atomic E-state index is 12.9. The number of allylic oxidation sites excluding steroid dienone is 1. The van der Waals surface area contributed by atoms with Crippen molar-refractivity contribution in [1.82, 2.24) is 15.2 Å². The number of aliphatic hydroxyl groups excluding tert-OH is 1. The van der Waals surface area contributed by atoms with Gasteiger partial charge in [0.05, 0.1) is 23.4 Å². The van der Waals surface area contributed by atoms with Gasteiger partial charge in [-0.05, 0) is 69.8 Å². The van der Waals surface area contributed by atoms with E-state index in [2.05, 4.69) is 21.2 Å². The van der Waals surface area contributed by atoms with Crippen molar-refractivity contribution < 1.29 is 9.90 Å². The van der Waals surface area contributed by atoms with Crippen molar-refractivity contribution in [3.05, 3.63) is 29.1 Å². The maximum Gasteiger partial charge on any atom is 0.226 e. The van der Waals surface area contributed by atoms with Gasteiger partial charge in [-0.1, -0.05) is 0 Å². The molecule has 4 saturated carbocycles. The minimum absolute atomic E-state index is 0.205. The van der Waals surface area contributed by atoms with Gasteiger partial charge in [-0.2, -0.15) is 5.26 Å². The number of rotatable bonds is 8. The number of nitrogens with one attached hydrogen (secondary N) is 2. The molecule has 1 aromatic heterocycles. The molecule has 1 saturated heterocycles. The van der Waals surface area contributed by atoms with Crippen LogP contribution < -0.4 is 10.2 Å². The summed E-state index contributed by atoms with van der Waals surface area (Å²) in [5, 5.41) is 31.4. The summed E-state index contributed by atoms with van der Waals surface area (Å²) in [4.78, 5) is 22.4. The van der Waals surface area contributed by atoms with Gasteiger partial charge in [0.1, 0.15) is 11.9 Å². The molecular weight excluding hydrogens is 452 g/mol. The van der Waals surface area contributed by atoms with E-state index in [-0.39, 0.29) is 24.1 Å². The monoisotopic (exact) mass is 488 g/mol. The van der Waals surface area contributed by atoms with Gasteiger partial charge in [-0.3, -0.25) is 4.79 Å². The summed E-state index contributed by atoms with van der Waals surface area (Å²) >= 11 is 0. The highest BCUT2D eigenvalue weighted by atomic mass is 16.3. The largest absolute Gasteiger partial charge is 0.393 e. The average molecular weight is 489 g/mol. The van der Waals surface area contributed by atoms with Crippen molar-refractivity contribution in [2.24, 2.45) is 11.8 Å². The second kappa shape index (κ2) is 9.51. The third-order valence-corrected chi connectivity index (χ3v) is 8.56. The van der Waals surface area contributed by atoms with Crippen LogP contribution in [0.2, 0.25) is 0 Å². The van der Waals surface area contributed by atoms with Crippen LogP contribution in [0.15, 0.2) is 12.3 Å². The van der Waals surface area contributed by atoms with Crippen molar-refractivity contribution in [1.29, 1.82) is 10.7 Å². The molecule has 1 aliphatic heterocycles. The van der Waals surface area contributed by atoms with E-state index in [1.54, 1.807) is 0 Å². The van der Waals surface area contributed by atoms with E-state index in [1.165, 1.54) is 19.1 Å². The molecule has 2 unspecified atom stereocenters. The number of nitriles is 1. The summed E-state index contributed by atoms with van der Waals surface area (Å²) in [6.07, 6.45) is 11.9. The molecule has 4 aliphatic carbocycles. The van der Waals surface area contributed by atoms with E-state index in [4.69, 9.17) is 10.4 Å². The number of carbonyl (C=O) groups excluding carboxylic acids is 1. The minimum Gasteiger partial charge on any atom is -0.393 e. The number of carbonyl (C=O) groups is 1. The Morgan fingerprint density at radius 2 is 1.97 bits per heavy atom. The van der Waals surface area contributed by atoms with Gasteiger partial charge < -0.3 is 25.6 Å². The third kappa shape index (κ3) is 4.73. The second-order valence-electron chi connectivity index (χ2n) is 11.4. The van der Waals surface area contributed by atoms with Crippen LogP contribution in [0, 0.1) is 28.6 Å². The average Bonchev–Trinajstić information content (AvgIpc) is 3.76. The van der Waals surface area contributed by atoms with Gasteiger partial charge >= 0.3 is 0 Å². The number of aromatic nitrogens is 1. The lowest BCUT2D eigenvalue weighted by molar-refractivity contribution is -0.135. The number of hydrogen-bond donors (Lipinski definition) is 3. The number of hydrogen-bond acceptors (Lipinski definition) is 7. The molecule has 1 amide bonds. The van der Waals surface area contributed by atoms with Crippen molar-refractivity contribution in [2.75, 3.05) is 24.5 Å². The Bertz CT molecular complexity index is 1110. The van der Waals surface area contributed by atoms with Gasteiger partial charge in [0, 0.05) is 61.1 Å². The van der Waals surface area contributed by atoms with E-state index >= 15 is 0 Å². The molecule has 0 aromatic carbocycles. The van der Waals surface area contributed by atoms with Crippen molar-refractivity contribution in [3.63, 3.8) is 0 Å². The molecule has 1 aromatic rings. The molecule has 5 aliphatic rings.